The molecule has 7 nitrogen and oxygen atoms in total. The molecule has 2 aromatic rings. The van der Waals surface area contributed by atoms with E-state index in [1.807, 2.05) is 6.92 Å². The zero-order valence-electron chi connectivity index (χ0n) is 12.2. The van der Waals surface area contributed by atoms with Crippen molar-refractivity contribution in [1.29, 1.82) is 0 Å². The van der Waals surface area contributed by atoms with E-state index in [1.165, 1.54) is 11.1 Å². The van der Waals surface area contributed by atoms with Crippen molar-refractivity contribution in [3.63, 3.8) is 0 Å². The van der Waals surface area contributed by atoms with E-state index in [2.05, 4.69) is 10.1 Å². The van der Waals surface area contributed by atoms with Crippen molar-refractivity contribution >= 4 is 23.0 Å². The number of aliphatic carboxylic acids is 1. The summed E-state index contributed by atoms with van der Waals surface area (Å²) < 4.78 is 5.07. The van der Waals surface area contributed by atoms with Crippen LogP contribution in [0.2, 0.25) is 0 Å². The van der Waals surface area contributed by atoms with Crippen LogP contribution in [0.4, 0.5) is 0 Å². The van der Waals surface area contributed by atoms with Crippen LogP contribution in [-0.4, -0.2) is 44.6 Å². The first-order valence-electron chi connectivity index (χ1n) is 6.71. The Hall–Kier alpha value is -2.44. The Bertz CT molecular complexity index is 678. The standard InChI is InChI=1S/C14H17N3O4/c1-4-11-10-5-9(6-15-13(10)21-16-11)14(20)17(8(2)3)7-12(18)19/h5-6,8H,4,7H2,1-3H3,(H,18,19). The Morgan fingerprint density at radius 3 is 2.71 bits per heavy atom. The van der Waals surface area contributed by atoms with Gasteiger partial charge < -0.3 is 14.5 Å². The van der Waals surface area contributed by atoms with Gasteiger partial charge in [-0.05, 0) is 26.3 Å². The Kier molecular flexibility index (Phi) is 4.21. The molecule has 112 valence electrons. The molecule has 0 atom stereocenters. The van der Waals surface area contributed by atoms with Crippen LogP contribution in [0.25, 0.3) is 11.1 Å². The summed E-state index contributed by atoms with van der Waals surface area (Å²) in [7, 11) is 0. The van der Waals surface area contributed by atoms with Crippen LogP contribution < -0.4 is 0 Å². The summed E-state index contributed by atoms with van der Waals surface area (Å²) in [6.45, 7) is 5.11. The fourth-order valence-corrected chi connectivity index (χ4v) is 2.05. The molecule has 0 aromatic carbocycles. The molecule has 0 saturated heterocycles. The minimum atomic E-state index is -1.05. The third kappa shape index (κ3) is 3.01. The van der Waals surface area contributed by atoms with E-state index in [0.717, 1.165) is 5.69 Å². The monoisotopic (exact) mass is 291 g/mol. The number of nitrogens with zero attached hydrogens (tertiary/aromatic N) is 3. The molecule has 2 heterocycles. The van der Waals surface area contributed by atoms with E-state index >= 15 is 0 Å². The largest absolute Gasteiger partial charge is 0.480 e. The van der Waals surface area contributed by atoms with Crippen molar-refractivity contribution in [2.75, 3.05) is 6.54 Å². The highest BCUT2D eigenvalue weighted by atomic mass is 16.5. The van der Waals surface area contributed by atoms with Crippen molar-refractivity contribution in [3.8, 4) is 0 Å². The highest BCUT2D eigenvalue weighted by Crippen LogP contribution is 2.19. The van der Waals surface area contributed by atoms with Gasteiger partial charge in [0.25, 0.3) is 11.6 Å². The van der Waals surface area contributed by atoms with Gasteiger partial charge in [0.15, 0.2) is 0 Å². The molecule has 0 fully saturated rings. The van der Waals surface area contributed by atoms with Gasteiger partial charge in [0, 0.05) is 12.2 Å². The molecular formula is C14H17N3O4. The van der Waals surface area contributed by atoms with Gasteiger partial charge in [0.1, 0.15) is 6.54 Å². The number of fused-ring (bicyclic) bond motifs is 1. The van der Waals surface area contributed by atoms with Crippen LogP contribution in [0.3, 0.4) is 0 Å². The minimum Gasteiger partial charge on any atom is -0.480 e. The summed E-state index contributed by atoms with van der Waals surface area (Å²) in [5.41, 5.74) is 1.43. The number of hydrogen-bond acceptors (Lipinski definition) is 5. The number of rotatable bonds is 5. The summed E-state index contributed by atoms with van der Waals surface area (Å²) in [4.78, 5) is 28.7. The third-order valence-corrected chi connectivity index (χ3v) is 3.18. The van der Waals surface area contributed by atoms with Crippen LogP contribution in [-0.2, 0) is 11.2 Å². The lowest BCUT2D eigenvalue weighted by atomic mass is 10.1. The van der Waals surface area contributed by atoms with E-state index in [4.69, 9.17) is 9.63 Å². The van der Waals surface area contributed by atoms with Gasteiger partial charge in [-0.3, -0.25) is 9.59 Å². The maximum Gasteiger partial charge on any atom is 0.323 e. The van der Waals surface area contributed by atoms with Gasteiger partial charge in [-0.2, -0.15) is 0 Å². The third-order valence-electron chi connectivity index (χ3n) is 3.18. The fourth-order valence-electron chi connectivity index (χ4n) is 2.05. The number of aryl methyl sites for hydroxylation is 1. The molecule has 1 amide bonds. The summed E-state index contributed by atoms with van der Waals surface area (Å²) >= 11 is 0. The van der Waals surface area contributed by atoms with Crippen molar-refractivity contribution in [1.82, 2.24) is 15.0 Å². The molecule has 1 N–H and O–H groups in total. The Morgan fingerprint density at radius 2 is 2.14 bits per heavy atom. The smallest absolute Gasteiger partial charge is 0.323 e. The summed E-state index contributed by atoms with van der Waals surface area (Å²) in [5.74, 6) is -1.42. The van der Waals surface area contributed by atoms with Gasteiger partial charge in [0.05, 0.1) is 16.6 Å². The number of carbonyl (C=O) groups excluding carboxylic acids is 1. The molecule has 7 heteroatoms. The van der Waals surface area contributed by atoms with Gasteiger partial charge in [-0.25, -0.2) is 4.98 Å². The van der Waals surface area contributed by atoms with Gasteiger partial charge in [0.2, 0.25) is 0 Å². The van der Waals surface area contributed by atoms with Crippen LogP contribution in [0, 0.1) is 0 Å². The molecule has 0 bridgehead atoms. The topological polar surface area (TPSA) is 96.5 Å². The van der Waals surface area contributed by atoms with Crippen molar-refractivity contribution < 1.29 is 19.2 Å². The molecule has 2 rings (SSSR count). The minimum absolute atomic E-state index is 0.225. The van der Waals surface area contributed by atoms with Gasteiger partial charge >= 0.3 is 5.97 Å². The second kappa shape index (κ2) is 5.90. The number of pyridine rings is 1. The lowest BCUT2D eigenvalue weighted by Crippen LogP contribution is -2.40. The van der Waals surface area contributed by atoms with E-state index < -0.39 is 5.97 Å². The molecule has 0 unspecified atom stereocenters. The normalized spacial score (nSPS) is 11.0. The fraction of sp³-hybridized carbons (Fsp3) is 0.429. The van der Waals surface area contributed by atoms with Crippen LogP contribution in [0.1, 0.15) is 36.8 Å². The SMILES string of the molecule is CCc1noc2ncc(C(=O)N(CC(=O)O)C(C)C)cc12. The second-order valence-electron chi connectivity index (χ2n) is 4.98. The summed E-state index contributed by atoms with van der Waals surface area (Å²) in [6, 6.07) is 1.43. The zero-order valence-corrected chi connectivity index (χ0v) is 12.2. The highest BCUT2D eigenvalue weighted by Gasteiger charge is 2.22. The Labute approximate surface area is 121 Å². The van der Waals surface area contributed by atoms with E-state index in [9.17, 15) is 9.59 Å². The van der Waals surface area contributed by atoms with Crippen LogP contribution >= 0.6 is 0 Å². The molecule has 2 aromatic heterocycles. The lowest BCUT2D eigenvalue weighted by Gasteiger charge is -2.24. The first-order chi connectivity index (χ1) is 9.93. The van der Waals surface area contributed by atoms with Crippen LogP contribution in [0.15, 0.2) is 16.8 Å². The number of hydrogen-bond donors (Lipinski definition) is 1. The number of amides is 1. The van der Waals surface area contributed by atoms with Crippen LogP contribution in [0.5, 0.6) is 0 Å². The lowest BCUT2D eigenvalue weighted by molar-refractivity contribution is -0.138. The number of carboxylic acid groups (broad SMARTS) is 1. The zero-order chi connectivity index (χ0) is 15.6. The summed E-state index contributed by atoms with van der Waals surface area (Å²) in [6.07, 6.45) is 2.04. The number of carboxylic acids is 1. The maximum absolute atomic E-state index is 12.5. The van der Waals surface area contributed by atoms with Gasteiger partial charge in [-0.15, -0.1) is 0 Å². The Balaban J connectivity index is 2.39. The molecule has 0 spiro atoms. The second-order valence-corrected chi connectivity index (χ2v) is 4.98. The van der Waals surface area contributed by atoms with E-state index in [-0.39, 0.29) is 18.5 Å². The molecule has 0 saturated carbocycles. The quantitative estimate of drug-likeness (QED) is 0.901. The molecule has 0 aliphatic carbocycles. The number of aromatic nitrogens is 2. The molecule has 0 aliphatic heterocycles. The van der Waals surface area contributed by atoms with Crippen molar-refractivity contribution in [2.24, 2.45) is 0 Å². The summed E-state index contributed by atoms with van der Waals surface area (Å²) in [5, 5.41) is 13.5. The first-order valence-corrected chi connectivity index (χ1v) is 6.71. The maximum atomic E-state index is 12.5. The molecule has 21 heavy (non-hydrogen) atoms. The van der Waals surface area contributed by atoms with Gasteiger partial charge in [-0.1, -0.05) is 12.1 Å². The predicted octanol–water partition coefficient (Wildman–Crippen LogP) is 1.72. The van der Waals surface area contributed by atoms with E-state index in [0.29, 0.717) is 23.1 Å². The average Bonchev–Trinajstić information content (AvgIpc) is 2.85. The van der Waals surface area contributed by atoms with Crippen molar-refractivity contribution in [3.05, 3.63) is 23.5 Å². The highest BCUT2D eigenvalue weighted by molar-refractivity contribution is 5.98. The molecular weight excluding hydrogens is 274 g/mol. The molecule has 0 radical (unpaired) electrons. The first kappa shape index (κ1) is 15.0. The number of carbonyl (C=O) groups is 2. The molecule has 0 aliphatic rings. The average molecular weight is 291 g/mol. The predicted molar refractivity (Wildman–Crippen MR) is 75.0 cm³/mol. The van der Waals surface area contributed by atoms with E-state index in [1.54, 1.807) is 19.9 Å². The Morgan fingerprint density at radius 1 is 1.43 bits per heavy atom. The van der Waals surface area contributed by atoms with Crippen molar-refractivity contribution in [2.45, 2.75) is 33.2 Å².